The highest BCUT2D eigenvalue weighted by molar-refractivity contribution is 5.87. The van der Waals surface area contributed by atoms with Gasteiger partial charge >= 0.3 is 5.97 Å². The molecule has 0 aliphatic carbocycles. The van der Waals surface area contributed by atoms with Crippen molar-refractivity contribution in [2.45, 2.75) is 20.3 Å². The third-order valence-electron chi connectivity index (χ3n) is 3.79. The normalized spacial score (nSPS) is 10.7. The van der Waals surface area contributed by atoms with Gasteiger partial charge < -0.3 is 9.67 Å². The first kappa shape index (κ1) is 16.4. The smallest absolute Gasteiger partial charge is 0.335 e. The van der Waals surface area contributed by atoms with Crippen LogP contribution in [0.5, 0.6) is 0 Å². The lowest BCUT2D eigenvalue weighted by molar-refractivity contribution is 0.0697. The summed E-state index contributed by atoms with van der Waals surface area (Å²) in [6.07, 6.45) is 12.3. The number of hydrogen-bond acceptors (Lipinski definition) is 1. The van der Waals surface area contributed by atoms with Crippen LogP contribution in [0.4, 0.5) is 0 Å². The molecule has 0 saturated heterocycles. The topological polar surface area (TPSA) is 42.2 Å². The minimum absolute atomic E-state index is 0.259. The molecule has 2 aromatic rings. The van der Waals surface area contributed by atoms with Gasteiger partial charge in [0.25, 0.3) is 0 Å². The van der Waals surface area contributed by atoms with Crippen LogP contribution in [-0.2, 0) is 0 Å². The number of carboxylic acids is 1. The second-order valence-corrected chi connectivity index (χ2v) is 5.25. The molecule has 23 heavy (non-hydrogen) atoms. The summed E-state index contributed by atoms with van der Waals surface area (Å²) >= 11 is 0. The lowest BCUT2D eigenvalue weighted by atomic mass is 10.1. The molecule has 0 radical (unpaired) electrons. The predicted molar refractivity (Wildman–Crippen MR) is 93.9 cm³/mol. The maximum Gasteiger partial charge on any atom is 0.335 e. The standard InChI is InChI=1S/C20H19NO2/c1-5-14(3)7-12-19-15(4)21(13-16(19)6-2)18-10-8-17(9-11-18)20(22)23/h2,7-13H,3,5H2,1,4H3,(H,22,23)/b12-7-. The van der Waals surface area contributed by atoms with E-state index in [1.54, 1.807) is 24.3 Å². The molecule has 0 aliphatic rings. The molecule has 3 heteroatoms. The van der Waals surface area contributed by atoms with Gasteiger partial charge in [0.2, 0.25) is 0 Å². The monoisotopic (exact) mass is 305 g/mol. The van der Waals surface area contributed by atoms with Crippen molar-refractivity contribution < 1.29 is 9.90 Å². The summed E-state index contributed by atoms with van der Waals surface area (Å²) in [5, 5.41) is 8.98. The SMILES string of the molecule is C#Cc1cn(-c2ccc(C(=O)O)cc2)c(C)c1/C=C\C(=C)CC. The summed E-state index contributed by atoms with van der Waals surface area (Å²) in [6, 6.07) is 6.71. The van der Waals surface area contributed by atoms with E-state index in [1.165, 1.54) is 0 Å². The molecule has 1 aromatic carbocycles. The summed E-state index contributed by atoms with van der Waals surface area (Å²) in [6.45, 7) is 8.00. The Hall–Kier alpha value is -2.99. The molecule has 1 aromatic heterocycles. The van der Waals surface area contributed by atoms with Crippen LogP contribution in [0.25, 0.3) is 11.8 Å². The van der Waals surface area contributed by atoms with Gasteiger partial charge in [0.05, 0.1) is 5.56 Å². The average Bonchev–Trinajstić information content (AvgIpc) is 2.88. The molecule has 116 valence electrons. The summed E-state index contributed by atoms with van der Waals surface area (Å²) < 4.78 is 1.97. The maximum atomic E-state index is 10.9. The number of benzene rings is 1. The molecule has 0 unspecified atom stereocenters. The van der Waals surface area contributed by atoms with E-state index in [2.05, 4.69) is 19.4 Å². The zero-order valence-corrected chi connectivity index (χ0v) is 13.3. The Morgan fingerprint density at radius 2 is 2.04 bits per heavy atom. The van der Waals surface area contributed by atoms with Gasteiger partial charge in [0, 0.05) is 28.7 Å². The van der Waals surface area contributed by atoms with Crippen molar-refractivity contribution in [3.63, 3.8) is 0 Å². The van der Waals surface area contributed by atoms with Crippen molar-refractivity contribution in [2.24, 2.45) is 0 Å². The van der Waals surface area contributed by atoms with Gasteiger partial charge in [0.1, 0.15) is 0 Å². The van der Waals surface area contributed by atoms with E-state index < -0.39 is 5.97 Å². The van der Waals surface area contributed by atoms with Crippen LogP contribution in [0.1, 0.15) is 40.5 Å². The fourth-order valence-corrected chi connectivity index (χ4v) is 2.30. The third kappa shape index (κ3) is 3.44. The van der Waals surface area contributed by atoms with Crippen molar-refractivity contribution >= 4 is 12.0 Å². The van der Waals surface area contributed by atoms with Crippen LogP contribution < -0.4 is 0 Å². The Balaban J connectivity index is 2.47. The van der Waals surface area contributed by atoms with Gasteiger partial charge in [0.15, 0.2) is 0 Å². The van der Waals surface area contributed by atoms with Gasteiger partial charge in [-0.3, -0.25) is 0 Å². The zero-order chi connectivity index (χ0) is 17.0. The molecule has 1 heterocycles. The lowest BCUT2D eigenvalue weighted by Crippen LogP contribution is -1.99. The van der Waals surface area contributed by atoms with Crippen LogP contribution in [-0.4, -0.2) is 15.6 Å². The highest BCUT2D eigenvalue weighted by Gasteiger charge is 2.11. The van der Waals surface area contributed by atoms with Crippen molar-refractivity contribution in [3.05, 3.63) is 71.1 Å². The van der Waals surface area contributed by atoms with Gasteiger partial charge in [-0.25, -0.2) is 4.79 Å². The molecule has 0 atom stereocenters. The number of carbonyl (C=O) groups is 1. The number of allylic oxidation sites excluding steroid dienone is 2. The summed E-state index contributed by atoms with van der Waals surface area (Å²) in [5.74, 6) is 1.76. The molecule has 0 fully saturated rings. The molecule has 0 amide bonds. The van der Waals surface area contributed by atoms with E-state index in [4.69, 9.17) is 11.5 Å². The van der Waals surface area contributed by atoms with Crippen LogP contribution >= 0.6 is 0 Å². The summed E-state index contributed by atoms with van der Waals surface area (Å²) in [5.41, 5.74) is 4.94. The van der Waals surface area contributed by atoms with E-state index in [9.17, 15) is 4.79 Å². The van der Waals surface area contributed by atoms with Crippen molar-refractivity contribution in [1.82, 2.24) is 4.57 Å². The van der Waals surface area contributed by atoms with E-state index in [1.807, 2.05) is 29.8 Å². The first-order valence-corrected chi connectivity index (χ1v) is 7.36. The second kappa shape index (κ2) is 6.85. The largest absolute Gasteiger partial charge is 0.478 e. The van der Waals surface area contributed by atoms with E-state index in [0.29, 0.717) is 0 Å². The number of hydrogen-bond donors (Lipinski definition) is 1. The fraction of sp³-hybridized carbons (Fsp3) is 0.150. The van der Waals surface area contributed by atoms with E-state index in [-0.39, 0.29) is 5.56 Å². The number of rotatable bonds is 5. The molecule has 0 saturated carbocycles. The van der Waals surface area contributed by atoms with E-state index in [0.717, 1.165) is 34.5 Å². The Labute approximate surface area is 136 Å². The minimum Gasteiger partial charge on any atom is -0.478 e. The zero-order valence-electron chi connectivity index (χ0n) is 13.3. The molecule has 0 spiro atoms. The van der Waals surface area contributed by atoms with Crippen LogP contribution in [0, 0.1) is 19.3 Å². The van der Waals surface area contributed by atoms with Crippen molar-refractivity contribution in [2.75, 3.05) is 0 Å². The first-order chi connectivity index (χ1) is 11.0. The second-order valence-electron chi connectivity index (χ2n) is 5.25. The molecule has 2 rings (SSSR count). The quantitative estimate of drug-likeness (QED) is 0.655. The summed E-state index contributed by atoms with van der Waals surface area (Å²) in [7, 11) is 0. The van der Waals surface area contributed by atoms with Crippen molar-refractivity contribution in [1.29, 1.82) is 0 Å². The molecule has 0 bridgehead atoms. The molecule has 0 aliphatic heterocycles. The summed E-state index contributed by atoms with van der Waals surface area (Å²) in [4.78, 5) is 10.9. The fourth-order valence-electron chi connectivity index (χ4n) is 2.30. The molecule has 3 nitrogen and oxygen atoms in total. The predicted octanol–water partition coefficient (Wildman–Crippen LogP) is 4.44. The maximum absolute atomic E-state index is 10.9. The van der Waals surface area contributed by atoms with Gasteiger partial charge in [-0.2, -0.15) is 0 Å². The van der Waals surface area contributed by atoms with Crippen LogP contribution in [0.15, 0.2) is 48.7 Å². The Kier molecular flexibility index (Phi) is 4.88. The Bertz CT molecular complexity index is 815. The molecular weight excluding hydrogens is 286 g/mol. The van der Waals surface area contributed by atoms with Crippen molar-refractivity contribution in [3.8, 4) is 18.0 Å². The number of carboxylic acid groups (broad SMARTS) is 1. The highest BCUT2D eigenvalue weighted by Crippen LogP contribution is 2.23. The van der Waals surface area contributed by atoms with Gasteiger partial charge in [-0.1, -0.05) is 37.1 Å². The Morgan fingerprint density at radius 3 is 2.57 bits per heavy atom. The minimum atomic E-state index is -0.938. The van der Waals surface area contributed by atoms with Crippen LogP contribution in [0.2, 0.25) is 0 Å². The lowest BCUT2D eigenvalue weighted by Gasteiger charge is -2.07. The highest BCUT2D eigenvalue weighted by atomic mass is 16.4. The molecular formula is C20H19NO2. The Morgan fingerprint density at radius 1 is 1.39 bits per heavy atom. The number of aromatic carboxylic acids is 1. The number of nitrogens with zero attached hydrogens (tertiary/aromatic N) is 1. The van der Waals surface area contributed by atoms with E-state index >= 15 is 0 Å². The van der Waals surface area contributed by atoms with Crippen LogP contribution in [0.3, 0.4) is 0 Å². The first-order valence-electron chi connectivity index (χ1n) is 7.36. The van der Waals surface area contributed by atoms with Gasteiger partial charge in [-0.05, 0) is 37.6 Å². The molecule has 1 N–H and O–H groups in total. The number of aromatic nitrogens is 1. The average molecular weight is 305 g/mol. The number of terminal acetylenes is 1. The van der Waals surface area contributed by atoms with Gasteiger partial charge in [-0.15, -0.1) is 6.42 Å². The third-order valence-corrected chi connectivity index (χ3v) is 3.79.